The van der Waals surface area contributed by atoms with Crippen LogP contribution in [0.15, 0.2) is 0 Å². The summed E-state index contributed by atoms with van der Waals surface area (Å²) < 4.78 is 5.62. The number of aliphatic hydroxyl groups excluding tert-OH is 1. The van der Waals surface area contributed by atoms with Gasteiger partial charge >= 0.3 is 0 Å². The lowest BCUT2D eigenvalue weighted by Crippen LogP contribution is -2.28. The van der Waals surface area contributed by atoms with Crippen molar-refractivity contribution in [2.75, 3.05) is 13.2 Å². The highest BCUT2D eigenvalue weighted by Crippen LogP contribution is 2.47. The van der Waals surface area contributed by atoms with Crippen molar-refractivity contribution in [2.24, 2.45) is 5.92 Å². The molecule has 2 heteroatoms. The molecule has 1 aliphatic heterocycles. The van der Waals surface area contributed by atoms with Crippen LogP contribution in [-0.4, -0.2) is 23.9 Å². The highest BCUT2D eigenvalue weighted by atomic mass is 16.5. The molecule has 0 amide bonds. The lowest BCUT2D eigenvalue weighted by Gasteiger charge is -2.27. The Balaban J connectivity index is 1.84. The first-order chi connectivity index (χ1) is 4.85. The average molecular weight is 142 g/mol. The minimum Gasteiger partial charge on any atom is -0.396 e. The zero-order valence-electron chi connectivity index (χ0n) is 6.18. The second kappa shape index (κ2) is 2.21. The van der Waals surface area contributed by atoms with Crippen LogP contribution in [0.25, 0.3) is 0 Å². The fourth-order valence-corrected chi connectivity index (χ4v) is 1.60. The van der Waals surface area contributed by atoms with E-state index in [1.807, 2.05) is 0 Å². The van der Waals surface area contributed by atoms with Crippen molar-refractivity contribution in [3.8, 4) is 0 Å². The van der Waals surface area contributed by atoms with Crippen LogP contribution in [0.4, 0.5) is 0 Å². The molecule has 1 saturated heterocycles. The van der Waals surface area contributed by atoms with Gasteiger partial charge in [0, 0.05) is 12.5 Å². The van der Waals surface area contributed by atoms with E-state index in [0.717, 1.165) is 13.0 Å². The second-order valence-electron chi connectivity index (χ2n) is 3.58. The van der Waals surface area contributed by atoms with Gasteiger partial charge < -0.3 is 9.84 Å². The minimum absolute atomic E-state index is 0.297. The lowest BCUT2D eigenvalue weighted by atomic mass is 9.98. The maximum atomic E-state index is 8.80. The Hall–Kier alpha value is -0.0800. The summed E-state index contributed by atoms with van der Waals surface area (Å²) in [5.41, 5.74) is 0.297. The van der Waals surface area contributed by atoms with Crippen LogP contribution in [0, 0.1) is 5.92 Å². The maximum Gasteiger partial charge on any atom is 0.0685 e. The Morgan fingerprint density at radius 2 is 2.20 bits per heavy atom. The molecule has 0 aromatic rings. The molecule has 2 fully saturated rings. The predicted octanol–water partition coefficient (Wildman–Crippen LogP) is 0.938. The van der Waals surface area contributed by atoms with E-state index in [1.54, 1.807) is 0 Å². The highest BCUT2D eigenvalue weighted by Gasteiger charge is 2.46. The minimum atomic E-state index is 0.297. The Morgan fingerprint density at radius 1 is 1.40 bits per heavy atom. The molecule has 1 aliphatic carbocycles. The number of aliphatic hydroxyl groups is 1. The molecule has 1 spiro atoms. The maximum absolute atomic E-state index is 8.80. The molecular formula is C8H14O2. The van der Waals surface area contributed by atoms with Crippen molar-refractivity contribution in [3.63, 3.8) is 0 Å². The summed E-state index contributed by atoms with van der Waals surface area (Å²) in [7, 11) is 0. The van der Waals surface area contributed by atoms with Crippen molar-refractivity contribution in [3.05, 3.63) is 0 Å². The van der Waals surface area contributed by atoms with E-state index in [0.29, 0.717) is 18.1 Å². The molecule has 2 aliphatic rings. The molecule has 0 aromatic heterocycles. The summed E-state index contributed by atoms with van der Waals surface area (Å²) in [4.78, 5) is 0. The first-order valence-corrected chi connectivity index (χ1v) is 4.09. The summed E-state index contributed by atoms with van der Waals surface area (Å²) in [5, 5.41) is 8.80. The first kappa shape index (κ1) is 6.62. The van der Waals surface area contributed by atoms with Crippen LogP contribution in [0.1, 0.15) is 25.7 Å². The van der Waals surface area contributed by atoms with Gasteiger partial charge in [-0.1, -0.05) is 0 Å². The fourth-order valence-electron chi connectivity index (χ4n) is 1.60. The standard InChI is InChI=1S/C8H14O2/c9-5-7-1-2-8(3-4-8)10-6-7/h7,9H,1-6H2/t7-/m0/s1. The largest absolute Gasteiger partial charge is 0.396 e. The van der Waals surface area contributed by atoms with Gasteiger partial charge in [-0.15, -0.1) is 0 Å². The Bertz CT molecular complexity index is 119. The van der Waals surface area contributed by atoms with Crippen molar-refractivity contribution >= 4 is 0 Å². The number of ether oxygens (including phenoxy) is 1. The van der Waals surface area contributed by atoms with Crippen LogP contribution in [0.2, 0.25) is 0 Å². The number of hydrogen-bond donors (Lipinski definition) is 1. The molecule has 1 heterocycles. The molecule has 0 radical (unpaired) electrons. The molecule has 0 bridgehead atoms. The number of hydrogen-bond acceptors (Lipinski definition) is 2. The van der Waals surface area contributed by atoms with E-state index in [2.05, 4.69) is 0 Å². The molecular weight excluding hydrogens is 128 g/mol. The van der Waals surface area contributed by atoms with Crippen molar-refractivity contribution in [1.29, 1.82) is 0 Å². The molecule has 2 rings (SSSR count). The van der Waals surface area contributed by atoms with Crippen molar-refractivity contribution in [1.82, 2.24) is 0 Å². The van der Waals surface area contributed by atoms with E-state index in [4.69, 9.17) is 9.84 Å². The molecule has 1 saturated carbocycles. The van der Waals surface area contributed by atoms with Gasteiger partial charge in [0.2, 0.25) is 0 Å². The monoisotopic (exact) mass is 142 g/mol. The third-order valence-corrected chi connectivity index (χ3v) is 2.70. The lowest BCUT2D eigenvalue weighted by molar-refractivity contribution is -0.0464. The van der Waals surface area contributed by atoms with Crippen LogP contribution in [-0.2, 0) is 4.74 Å². The smallest absolute Gasteiger partial charge is 0.0685 e. The molecule has 58 valence electrons. The van der Waals surface area contributed by atoms with E-state index in [1.165, 1.54) is 19.3 Å². The first-order valence-electron chi connectivity index (χ1n) is 4.09. The summed E-state index contributed by atoms with van der Waals surface area (Å²) in [6.07, 6.45) is 4.85. The molecule has 1 N–H and O–H groups in total. The highest BCUT2D eigenvalue weighted by molar-refractivity contribution is 4.98. The van der Waals surface area contributed by atoms with Gasteiger partial charge in [-0.2, -0.15) is 0 Å². The summed E-state index contributed by atoms with van der Waals surface area (Å²) >= 11 is 0. The zero-order chi connectivity index (χ0) is 7.03. The van der Waals surface area contributed by atoms with Gasteiger partial charge in [0.05, 0.1) is 12.2 Å². The van der Waals surface area contributed by atoms with Crippen molar-refractivity contribution < 1.29 is 9.84 Å². The fraction of sp³-hybridized carbons (Fsp3) is 1.00. The van der Waals surface area contributed by atoms with Gasteiger partial charge in [0.1, 0.15) is 0 Å². The van der Waals surface area contributed by atoms with Crippen LogP contribution in [0.3, 0.4) is 0 Å². The molecule has 0 unspecified atom stereocenters. The summed E-state index contributed by atoms with van der Waals surface area (Å²) in [6.45, 7) is 1.09. The Labute approximate surface area is 61.2 Å². The molecule has 10 heavy (non-hydrogen) atoms. The molecule has 2 nitrogen and oxygen atoms in total. The van der Waals surface area contributed by atoms with Gasteiger partial charge in [-0.05, 0) is 25.7 Å². The average Bonchev–Trinajstić information content (AvgIpc) is 2.72. The topological polar surface area (TPSA) is 29.5 Å². The zero-order valence-corrected chi connectivity index (χ0v) is 6.18. The number of rotatable bonds is 1. The Kier molecular flexibility index (Phi) is 1.46. The van der Waals surface area contributed by atoms with Gasteiger partial charge in [-0.3, -0.25) is 0 Å². The van der Waals surface area contributed by atoms with Crippen LogP contribution >= 0.6 is 0 Å². The Morgan fingerprint density at radius 3 is 2.60 bits per heavy atom. The summed E-state index contributed by atoms with van der Waals surface area (Å²) in [5.74, 6) is 0.422. The van der Waals surface area contributed by atoms with Gasteiger partial charge in [0.15, 0.2) is 0 Å². The van der Waals surface area contributed by atoms with E-state index in [-0.39, 0.29) is 0 Å². The normalized spacial score (nSPS) is 36.3. The van der Waals surface area contributed by atoms with Crippen LogP contribution < -0.4 is 0 Å². The SMILES string of the molecule is OC[C@@H]1CCC2(CC2)OC1. The van der Waals surface area contributed by atoms with E-state index < -0.39 is 0 Å². The van der Waals surface area contributed by atoms with E-state index in [9.17, 15) is 0 Å². The molecule has 1 atom stereocenters. The third-order valence-electron chi connectivity index (χ3n) is 2.70. The van der Waals surface area contributed by atoms with E-state index >= 15 is 0 Å². The van der Waals surface area contributed by atoms with Gasteiger partial charge in [-0.25, -0.2) is 0 Å². The summed E-state index contributed by atoms with van der Waals surface area (Å²) in [6, 6.07) is 0. The molecule has 0 aromatic carbocycles. The second-order valence-corrected chi connectivity index (χ2v) is 3.58. The van der Waals surface area contributed by atoms with Crippen molar-refractivity contribution in [2.45, 2.75) is 31.3 Å². The van der Waals surface area contributed by atoms with Gasteiger partial charge in [0.25, 0.3) is 0 Å². The van der Waals surface area contributed by atoms with Crippen LogP contribution in [0.5, 0.6) is 0 Å². The quantitative estimate of drug-likeness (QED) is 0.590. The third kappa shape index (κ3) is 1.06. The predicted molar refractivity (Wildman–Crippen MR) is 37.7 cm³/mol.